The molecular weight excluding hydrogens is 470 g/mol. The summed E-state index contributed by atoms with van der Waals surface area (Å²) in [6.45, 7) is 3.99. The molecule has 1 amide bonds. The topological polar surface area (TPSA) is 117 Å². The van der Waals surface area contributed by atoms with Crippen LogP contribution < -0.4 is 0 Å². The molecule has 1 aliphatic rings. The highest BCUT2D eigenvalue weighted by molar-refractivity contribution is 7.89. The first-order chi connectivity index (χ1) is 16.7. The Kier molecular flexibility index (Phi) is 7.04. The second kappa shape index (κ2) is 10.0. The average molecular weight is 498 g/mol. The lowest BCUT2D eigenvalue weighted by atomic mass is 10.1. The molecule has 0 aliphatic carbocycles. The maximum Gasteiger partial charge on any atom is 0.338 e. The fraction of sp³-hybridized carbons (Fsp3) is 0.320. The number of aryl methyl sites for hydroxylation is 1. The highest BCUT2D eigenvalue weighted by Crippen LogP contribution is 2.23. The number of carbonyl (C=O) groups excluding carboxylic acids is 3. The molecule has 9 nitrogen and oxygen atoms in total. The second-order valence-corrected chi connectivity index (χ2v) is 10.3. The van der Waals surface area contributed by atoms with Gasteiger partial charge in [-0.3, -0.25) is 9.59 Å². The molecule has 10 heteroatoms. The molecule has 0 atom stereocenters. The molecule has 1 fully saturated rings. The Balaban J connectivity index is 1.44. The molecule has 0 saturated carbocycles. The number of rotatable bonds is 7. The first-order valence-corrected chi connectivity index (χ1v) is 12.8. The number of H-pyrrole nitrogens is 1. The number of hydrogen-bond donors (Lipinski definition) is 1. The van der Waals surface area contributed by atoms with Crippen LogP contribution >= 0.6 is 0 Å². The van der Waals surface area contributed by atoms with Crippen molar-refractivity contribution >= 4 is 38.6 Å². The van der Waals surface area contributed by atoms with E-state index in [9.17, 15) is 22.8 Å². The van der Waals surface area contributed by atoms with Crippen molar-refractivity contribution in [3.05, 3.63) is 65.4 Å². The molecular formula is C25H27N3O6S. The lowest BCUT2D eigenvalue weighted by Gasteiger charge is -2.33. The molecule has 2 heterocycles. The van der Waals surface area contributed by atoms with Gasteiger partial charge in [-0.1, -0.05) is 31.2 Å². The van der Waals surface area contributed by atoms with E-state index in [1.165, 1.54) is 35.5 Å². The third kappa shape index (κ3) is 4.98. The van der Waals surface area contributed by atoms with Crippen molar-refractivity contribution in [1.29, 1.82) is 0 Å². The van der Waals surface area contributed by atoms with Gasteiger partial charge in [-0.05, 0) is 30.2 Å². The van der Waals surface area contributed by atoms with Crippen molar-refractivity contribution in [2.24, 2.45) is 0 Å². The average Bonchev–Trinajstić information content (AvgIpc) is 3.31. The van der Waals surface area contributed by atoms with Crippen LogP contribution in [-0.2, 0) is 26.0 Å². The SMILES string of the molecule is CCc1cccc2c(C(=O)COC(=O)c3cccc(S(=O)(=O)N4CCN(C(C)=O)CC4)c3)c[nH]c12. The summed E-state index contributed by atoms with van der Waals surface area (Å²) in [6, 6.07) is 11.3. The highest BCUT2D eigenvalue weighted by Gasteiger charge is 2.30. The maximum absolute atomic E-state index is 13.0. The zero-order valence-electron chi connectivity index (χ0n) is 19.6. The Labute approximate surface area is 203 Å². The normalized spacial score (nSPS) is 14.7. The minimum absolute atomic E-state index is 0.0356. The van der Waals surface area contributed by atoms with Crippen LogP contribution in [0.5, 0.6) is 0 Å². The van der Waals surface area contributed by atoms with Gasteiger partial charge in [-0.15, -0.1) is 0 Å². The van der Waals surface area contributed by atoms with Crippen molar-refractivity contribution < 1.29 is 27.5 Å². The monoisotopic (exact) mass is 497 g/mol. The van der Waals surface area contributed by atoms with Gasteiger partial charge < -0.3 is 14.6 Å². The molecule has 1 N–H and O–H groups in total. The van der Waals surface area contributed by atoms with E-state index in [2.05, 4.69) is 4.98 Å². The summed E-state index contributed by atoms with van der Waals surface area (Å²) >= 11 is 0. The third-order valence-electron chi connectivity index (χ3n) is 6.21. The largest absolute Gasteiger partial charge is 0.454 e. The number of piperazine rings is 1. The Bertz CT molecular complexity index is 1390. The number of fused-ring (bicyclic) bond motifs is 1. The molecule has 0 radical (unpaired) electrons. The number of para-hydroxylation sites is 1. The molecule has 4 rings (SSSR count). The first-order valence-electron chi connectivity index (χ1n) is 11.4. The van der Waals surface area contributed by atoms with E-state index >= 15 is 0 Å². The van der Waals surface area contributed by atoms with Gasteiger partial charge in [0.25, 0.3) is 0 Å². The summed E-state index contributed by atoms with van der Waals surface area (Å²) in [5.41, 5.74) is 2.43. The standard InChI is InChI=1S/C25H27N3O6S/c1-3-18-6-5-9-21-22(15-26-24(18)21)23(30)16-34-25(31)19-7-4-8-20(14-19)35(32,33)28-12-10-27(11-13-28)17(2)29/h4-9,14-15,26H,3,10-13,16H2,1-2H3. The van der Waals surface area contributed by atoms with Gasteiger partial charge >= 0.3 is 5.97 Å². The minimum Gasteiger partial charge on any atom is -0.454 e. The van der Waals surface area contributed by atoms with Crippen LogP contribution in [0.15, 0.2) is 53.6 Å². The van der Waals surface area contributed by atoms with Gasteiger partial charge in [0, 0.05) is 55.8 Å². The summed E-state index contributed by atoms with van der Waals surface area (Å²) in [5, 5.41) is 0.767. The van der Waals surface area contributed by atoms with Crippen molar-refractivity contribution in [2.45, 2.75) is 25.2 Å². The van der Waals surface area contributed by atoms with Gasteiger partial charge in [0.15, 0.2) is 6.61 Å². The number of nitrogens with zero attached hydrogens (tertiary/aromatic N) is 2. The number of ketones is 1. The molecule has 2 aromatic carbocycles. The Morgan fingerprint density at radius 2 is 1.74 bits per heavy atom. The van der Waals surface area contributed by atoms with E-state index in [-0.39, 0.29) is 35.2 Å². The maximum atomic E-state index is 13.0. The fourth-order valence-electron chi connectivity index (χ4n) is 4.21. The number of hydrogen-bond acceptors (Lipinski definition) is 6. The molecule has 0 bridgehead atoms. The fourth-order valence-corrected chi connectivity index (χ4v) is 5.68. The van der Waals surface area contributed by atoms with Crippen LogP contribution in [-0.4, -0.2) is 73.1 Å². The quantitative estimate of drug-likeness (QED) is 0.396. The number of carbonyl (C=O) groups is 3. The summed E-state index contributed by atoms with van der Waals surface area (Å²) < 4.78 is 32.6. The number of nitrogens with one attached hydrogen (secondary N) is 1. The molecule has 1 saturated heterocycles. The molecule has 1 aliphatic heterocycles. The Morgan fingerprint density at radius 3 is 2.43 bits per heavy atom. The van der Waals surface area contributed by atoms with E-state index in [1.807, 2.05) is 25.1 Å². The van der Waals surface area contributed by atoms with E-state index in [1.54, 1.807) is 11.1 Å². The molecule has 0 spiro atoms. The number of ether oxygens (including phenoxy) is 1. The lowest BCUT2D eigenvalue weighted by molar-refractivity contribution is -0.129. The Morgan fingerprint density at radius 1 is 1.03 bits per heavy atom. The van der Waals surface area contributed by atoms with Gasteiger partial charge in [0.05, 0.1) is 10.5 Å². The lowest BCUT2D eigenvalue weighted by Crippen LogP contribution is -2.49. The van der Waals surface area contributed by atoms with Crippen LogP contribution in [0.2, 0.25) is 0 Å². The van der Waals surface area contributed by atoms with E-state index in [0.29, 0.717) is 18.7 Å². The van der Waals surface area contributed by atoms with Gasteiger partial charge in [0.2, 0.25) is 21.7 Å². The van der Waals surface area contributed by atoms with Crippen molar-refractivity contribution in [2.75, 3.05) is 32.8 Å². The second-order valence-electron chi connectivity index (χ2n) is 8.33. The summed E-state index contributed by atoms with van der Waals surface area (Å²) in [7, 11) is -3.85. The van der Waals surface area contributed by atoms with Crippen LogP contribution in [0.3, 0.4) is 0 Å². The van der Waals surface area contributed by atoms with Gasteiger partial charge in [-0.25, -0.2) is 13.2 Å². The van der Waals surface area contributed by atoms with Gasteiger partial charge in [0.1, 0.15) is 0 Å². The molecule has 3 aromatic rings. The number of aromatic amines is 1. The third-order valence-corrected chi connectivity index (χ3v) is 8.10. The Hall–Kier alpha value is -3.50. The first kappa shape index (κ1) is 24.6. The van der Waals surface area contributed by atoms with E-state index < -0.39 is 22.6 Å². The minimum atomic E-state index is -3.85. The number of esters is 1. The van der Waals surface area contributed by atoms with Crippen molar-refractivity contribution in [3.63, 3.8) is 0 Å². The zero-order valence-corrected chi connectivity index (χ0v) is 20.4. The predicted octanol–water partition coefficient (Wildman–Crippen LogP) is 2.62. The number of Topliss-reactive ketones (excluding diaryl/α,β-unsaturated/α-hetero) is 1. The van der Waals surface area contributed by atoms with Crippen LogP contribution in [0.1, 0.15) is 40.1 Å². The van der Waals surface area contributed by atoms with Crippen molar-refractivity contribution in [3.8, 4) is 0 Å². The summed E-state index contributed by atoms with van der Waals surface area (Å²) in [5.74, 6) is -1.24. The molecule has 1 aromatic heterocycles. The number of benzene rings is 2. The zero-order chi connectivity index (χ0) is 25.2. The van der Waals surface area contributed by atoms with Crippen LogP contribution in [0.25, 0.3) is 10.9 Å². The number of sulfonamides is 1. The number of amides is 1. The summed E-state index contributed by atoms with van der Waals surface area (Å²) in [4.78, 5) is 41.5. The van der Waals surface area contributed by atoms with Crippen LogP contribution in [0, 0.1) is 0 Å². The predicted molar refractivity (Wildman–Crippen MR) is 130 cm³/mol. The number of aromatic nitrogens is 1. The molecule has 184 valence electrons. The van der Waals surface area contributed by atoms with E-state index in [4.69, 9.17) is 4.74 Å². The van der Waals surface area contributed by atoms with Gasteiger partial charge in [-0.2, -0.15) is 4.31 Å². The highest BCUT2D eigenvalue weighted by atomic mass is 32.2. The molecule has 0 unspecified atom stereocenters. The molecule has 35 heavy (non-hydrogen) atoms. The van der Waals surface area contributed by atoms with Crippen LogP contribution in [0.4, 0.5) is 0 Å². The smallest absolute Gasteiger partial charge is 0.338 e. The summed E-state index contributed by atoms with van der Waals surface area (Å²) in [6.07, 6.45) is 2.42. The van der Waals surface area contributed by atoms with Crippen molar-refractivity contribution in [1.82, 2.24) is 14.2 Å². The van der Waals surface area contributed by atoms with E-state index in [0.717, 1.165) is 22.9 Å².